The largest absolute Gasteiger partial charge is 1.00 e. The van der Waals surface area contributed by atoms with E-state index < -0.39 is 0 Å². The number of rotatable bonds is 1. The molecule has 48 heavy (non-hydrogen) atoms. The maximum Gasteiger partial charge on any atom is -0.0533 e. The third-order valence-electron chi connectivity index (χ3n) is 14.4. The molecule has 3 heteroatoms. The second-order valence-electron chi connectivity index (χ2n) is 17.6. The van der Waals surface area contributed by atoms with Gasteiger partial charge in [0.2, 0.25) is 0 Å². The molecule has 2 unspecified atom stereocenters. The summed E-state index contributed by atoms with van der Waals surface area (Å²) in [6.45, 7) is 29.2. The SMILES string of the molecule is C[C-]1C2=C3Cc4ccccc4C3=C3C=CCCC3C2(C)C(C)(C)C(C)(C)C1(C)C.C[C](C)=[Zr+2].Cc1cc(C2(C)CCCCC2)c[cH-]1.[Cl-].[Cl-]. The Balaban J connectivity index is 0.000000276. The Morgan fingerprint density at radius 1 is 0.896 bits per heavy atom. The Morgan fingerprint density at radius 3 is 2.08 bits per heavy atom. The minimum absolute atomic E-state index is 0. The Kier molecular flexibility index (Phi) is 12.9. The standard InChI is InChI=1S/C29H37.C13H19.C3H6.2ClH.Zr/c1-18-25-22-17-19-13-9-10-14-20(19)24(22)21-15-11-12-16-23(21)29(25,8)28(6,7)27(4,5)26(18,2)3;1-11-6-7-12(10-11)13(2)8-4-3-5-9-13;1-3-2;;;/h9-11,13-15,23H,12,16-17H2,1-8H3;6-7,10H,3-5,8-9H2,1-2H3;1-2H3;2*1H;/q2*-1;;;;+2/p-2. The quantitative estimate of drug-likeness (QED) is 0.286. The molecule has 2 fully saturated rings. The number of fused-ring (bicyclic) bond motifs is 6. The van der Waals surface area contributed by atoms with Crippen LogP contribution in [0.15, 0.2) is 71.3 Å². The Morgan fingerprint density at radius 2 is 1.50 bits per heavy atom. The normalized spacial score (nSPS) is 26.5. The summed E-state index contributed by atoms with van der Waals surface area (Å²) < 4.78 is 1.51. The number of hydrogen-bond acceptors (Lipinski definition) is 0. The zero-order valence-corrected chi connectivity index (χ0v) is 36.2. The van der Waals surface area contributed by atoms with Crippen LogP contribution in [0.5, 0.6) is 0 Å². The average molecular weight is 765 g/mol. The van der Waals surface area contributed by atoms with Crippen LogP contribution in [0.3, 0.4) is 0 Å². The number of benzene rings is 1. The summed E-state index contributed by atoms with van der Waals surface area (Å²) in [5.41, 5.74) is 13.8. The van der Waals surface area contributed by atoms with Crippen molar-refractivity contribution in [2.24, 2.45) is 27.6 Å². The van der Waals surface area contributed by atoms with Crippen LogP contribution in [-0.2, 0) is 36.1 Å². The predicted octanol–water partition coefficient (Wildman–Crippen LogP) is 6.65. The predicted molar refractivity (Wildman–Crippen MR) is 198 cm³/mol. The summed E-state index contributed by atoms with van der Waals surface area (Å²) in [5, 5.41) is 0. The molecule has 2 aromatic carbocycles. The van der Waals surface area contributed by atoms with Gasteiger partial charge in [-0.15, -0.1) is 6.92 Å². The van der Waals surface area contributed by atoms with Gasteiger partial charge < -0.3 is 24.8 Å². The molecule has 2 atom stereocenters. The summed E-state index contributed by atoms with van der Waals surface area (Å²) in [5.74, 6) is 2.24. The Labute approximate surface area is 322 Å². The summed E-state index contributed by atoms with van der Waals surface area (Å²) in [6.07, 6.45) is 15.5. The molecular formula is C45H62Cl2Zr-2. The van der Waals surface area contributed by atoms with Crippen LogP contribution in [0.2, 0.25) is 0 Å². The molecule has 7 rings (SSSR count). The molecular weight excluding hydrogens is 703 g/mol. The van der Waals surface area contributed by atoms with Crippen LogP contribution < -0.4 is 24.8 Å². The minimum atomic E-state index is 0. The molecule has 0 spiro atoms. The van der Waals surface area contributed by atoms with Crippen molar-refractivity contribution in [3.63, 3.8) is 0 Å². The van der Waals surface area contributed by atoms with Crippen molar-refractivity contribution >= 4 is 8.78 Å². The van der Waals surface area contributed by atoms with E-state index in [1.54, 1.807) is 58.0 Å². The van der Waals surface area contributed by atoms with Gasteiger partial charge in [0.05, 0.1) is 0 Å². The van der Waals surface area contributed by atoms with Crippen molar-refractivity contribution in [3.05, 3.63) is 99.5 Å². The van der Waals surface area contributed by atoms with Crippen molar-refractivity contribution in [1.29, 1.82) is 0 Å². The Bertz CT molecular complexity index is 1560. The van der Waals surface area contributed by atoms with E-state index in [2.05, 4.69) is 138 Å². The minimum Gasteiger partial charge on any atom is -1.00 e. The molecule has 2 saturated carbocycles. The molecule has 0 radical (unpaired) electrons. The Hall–Kier alpha value is -1.01. The fourth-order valence-electron chi connectivity index (χ4n) is 10.1. The summed E-state index contributed by atoms with van der Waals surface area (Å²) in [7, 11) is 0. The first-order valence-electron chi connectivity index (χ1n) is 18.2. The molecule has 262 valence electrons. The second kappa shape index (κ2) is 14.9. The van der Waals surface area contributed by atoms with Gasteiger partial charge in [-0.25, -0.2) is 12.0 Å². The van der Waals surface area contributed by atoms with Gasteiger partial charge in [-0.1, -0.05) is 165 Å². The molecule has 0 amide bonds. The zero-order valence-electron chi connectivity index (χ0n) is 32.2. The van der Waals surface area contributed by atoms with Crippen molar-refractivity contribution in [2.75, 3.05) is 0 Å². The third-order valence-corrected chi connectivity index (χ3v) is 14.4. The van der Waals surface area contributed by atoms with E-state index >= 15 is 0 Å². The van der Waals surface area contributed by atoms with E-state index in [0.717, 1.165) is 6.42 Å². The first-order valence-corrected chi connectivity index (χ1v) is 19.5. The molecule has 0 saturated heterocycles. The maximum absolute atomic E-state index is 2.62. The van der Waals surface area contributed by atoms with Crippen LogP contribution in [0, 0.1) is 40.4 Å². The van der Waals surface area contributed by atoms with Crippen LogP contribution in [0.25, 0.3) is 5.57 Å². The topological polar surface area (TPSA) is 0 Å². The zero-order chi connectivity index (χ0) is 33.9. The van der Waals surface area contributed by atoms with Crippen LogP contribution in [-0.4, -0.2) is 3.21 Å². The van der Waals surface area contributed by atoms with Crippen LogP contribution in [0.1, 0.15) is 143 Å². The third kappa shape index (κ3) is 6.59. The molecule has 0 bridgehead atoms. The number of hydrogen-bond donors (Lipinski definition) is 0. The maximum atomic E-state index is 2.62. The van der Waals surface area contributed by atoms with Gasteiger partial charge in [0.25, 0.3) is 0 Å². The van der Waals surface area contributed by atoms with Crippen molar-refractivity contribution in [1.82, 2.24) is 0 Å². The molecule has 2 aromatic rings. The molecule has 0 aliphatic heterocycles. The summed E-state index contributed by atoms with van der Waals surface area (Å²) >= 11 is 1.55. The van der Waals surface area contributed by atoms with Crippen LogP contribution in [0.4, 0.5) is 0 Å². The van der Waals surface area contributed by atoms with E-state index in [1.807, 2.05) is 0 Å². The van der Waals surface area contributed by atoms with Gasteiger partial charge in [-0.2, -0.15) is 34.4 Å². The van der Waals surface area contributed by atoms with Gasteiger partial charge >= 0.3 is 41.3 Å². The van der Waals surface area contributed by atoms with Gasteiger partial charge in [-0.05, 0) is 40.6 Å². The van der Waals surface area contributed by atoms with Crippen molar-refractivity contribution in [2.45, 2.75) is 140 Å². The molecule has 0 N–H and O–H groups in total. The van der Waals surface area contributed by atoms with Crippen LogP contribution >= 0.6 is 0 Å². The second-order valence-corrected chi connectivity index (χ2v) is 20.0. The summed E-state index contributed by atoms with van der Waals surface area (Å²) in [4.78, 5) is 0. The molecule has 5 aliphatic rings. The first-order chi connectivity index (χ1) is 21.4. The fraction of sp³-hybridized carbons (Fsp3) is 0.578. The molecule has 5 aliphatic carbocycles. The van der Waals surface area contributed by atoms with Crippen molar-refractivity contribution < 1.29 is 49.0 Å². The number of halogens is 2. The number of aryl methyl sites for hydroxylation is 1. The smallest absolute Gasteiger partial charge is 0.0533 e. The van der Waals surface area contributed by atoms with E-state index in [-0.39, 0.29) is 46.5 Å². The van der Waals surface area contributed by atoms with Crippen molar-refractivity contribution in [3.8, 4) is 0 Å². The molecule has 0 nitrogen and oxygen atoms in total. The van der Waals surface area contributed by atoms with E-state index in [1.165, 1.54) is 64.8 Å². The summed E-state index contributed by atoms with van der Waals surface area (Å²) in [6, 6.07) is 16.1. The molecule has 0 aromatic heterocycles. The monoisotopic (exact) mass is 762 g/mol. The van der Waals surface area contributed by atoms with Gasteiger partial charge in [0.15, 0.2) is 0 Å². The number of allylic oxidation sites excluding steroid dienone is 6. The van der Waals surface area contributed by atoms with Gasteiger partial charge in [0, 0.05) is 0 Å². The van der Waals surface area contributed by atoms with E-state index in [4.69, 9.17) is 0 Å². The van der Waals surface area contributed by atoms with E-state index in [0.29, 0.717) is 11.3 Å². The molecule has 0 heterocycles. The van der Waals surface area contributed by atoms with Gasteiger partial charge in [-0.3, -0.25) is 0 Å². The first kappa shape index (κ1) is 41.4. The van der Waals surface area contributed by atoms with Gasteiger partial charge in [0.1, 0.15) is 0 Å². The fourth-order valence-corrected chi connectivity index (χ4v) is 10.1. The van der Waals surface area contributed by atoms with E-state index in [9.17, 15) is 0 Å². The average Bonchev–Trinajstić information content (AvgIpc) is 3.61.